The molecule has 18 heavy (non-hydrogen) atoms. The van der Waals surface area contributed by atoms with Crippen LogP contribution in [0.5, 0.6) is 5.75 Å². The van der Waals surface area contributed by atoms with Gasteiger partial charge in [0, 0.05) is 5.54 Å². The predicted octanol–water partition coefficient (Wildman–Crippen LogP) is 2.12. The molecule has 100 valence electrons. The molecule has 0 saturated carbocycles. The van der Waals surface area contributed by atoms with Gasteiger partial charge in [-0.1, -0.05) is 12.1 Å². The first-order valence-electron chi connectivity index (χ1n) is 5.95. The van der Waals surface area contributed by atoms with E-state index in [0.29, 0.717) is 6.42 Å². The van der Waals surface area contributed by atoms with Crippen molar-refractivity contribution in [3.63, 3.8) is 0 Å². The highest BCUT2D eigenvalue weighted by Crippen LogP contribution is 2.19. The maximum atomic E-state index is 11.4. The minimum absolute atomic E-state index is 0.190. The van der Waals surface area contributed by atoms with Crippen LogP contribution in [0.25, 0.3) is 0 Å². The predicted molar refractivity (Wildman–Crippen MR) is 70.8 cm³/mol. The van der Waals surface area contributed by atoms with Crippen molar-refractivity contribution in [1.29, 1.82) is 0 Å². The van der Waals surface area contributed by atoms with Gasteiger partial charge in [0.2, 0.25) is 0 Å². The van der Waals surface area contributed by atoms with E-state index in [1.807, 2.05) is 32.7 Å². The SMILES string of the molecule is CN(C(Cc1ccc(O)cc1)C(=O)O)C(C)(C)C. The molecule has 0 spiro atoms. The van der Waals surface area contributed by atoms with Gasteiger partial charge in [0.1, 0.15) is 11.8 Å². The molecular weight excluding hydrogens is 230 g/mol. The summed E-state index contributed by atoms with van der Waals surface area (Å²) in [6.07, 6.45) is 0.420. The molecule has 1 aromatic carbocycles. The van der Waals surface area contributed by atoms with Crippen LogP contribution >= 0.6 is 0 Å². The Kier molecular flexibility index (Phi) is 4.35. The summed E-state index contributed by atoms with van der Waals surface area (Å²) in [4.78, 5) is 13.2. The van der Waals surface area contributed by atoms with Crippen LogP contribution in [0.4, 0.5) is 0 Å². The molecule has 0 aromatic heterocycles. The van der Waals surface area contributed by atoms with Gasteiger partial charge in [0.15, 0.2) is 0 Å². The largest absolute Gasteiger partial charge is 0.508 e. The van der Waals surface area contributed by atoms with Crippen LogP contribution in [0, 0.1) is 0 Å². The number of phenols is 1. The van der Waals surface area contributed by atoms with E-state index in [2.05, 4.69) is 0 Å². The molecular formula is C14H21NO3. The van der Waals surface area contributed by atoms with E-state index in [-0.39, 0.29) is 11.3 Å². The van der Waals surface area contributed by atoms with Crippen molar-refractivity contribution in [2.24, 2.45) is 0 Å². The van der Waals surface area contributed by atoms with Gasteiger partial charge >= 0.3 is 5.97 Å². The molecule has 4 nitrogen and oxygen atoms in total. The van der Waals surface area contributed by atoms with Crippen molar-refractivity contribution < 1.29 is 15.0 Å². The van der Waals surface area contributed by atoms with E-state index < -0.39 is 12.0 Å². The number of carboxylic acid groups (broad SMARTS) is 1. The molecule has 0 saturated heterocycles. The quantitative estimate of drug-likeness (QED) is 0.860. The zero-order valence-corrected chi connectivity index (χ0v) is 11.3. The Hall–Kier alpha value is -1.55. The van der Waals surface area contributed by atoms with Crippen molar-refractivity contribution in [3.05, 3.63) is 29.8 Å². The third-order valence-corrected chi connectivity index (χ3v) is 3.18. The molecule has 0 radical (unpaired) electrons. The lowest BCUT2D eigenvalue weighted by Gasteiger charge is -2.36. The van der Waals surface area contributed by atoms with Crippen molar-refractivity contribution in [1.82, 2.24) is 4.90 Å². The lowest BCUT2D eigenvalue weighted by atomic mass is 9.99. The topological polar surface area (TPSA) is 60.8 Å². The van der Waals surface area contributed by atoms with Crippen LogP contribution in [0.2, 0.25) is 0 Å². The first kappa shape index (κ1) is 14.5. The summed E-state index contributed by atoms with van der Waals surface area (Å²) in [6, 6.07) is 6.08. The number of benzene rings is 1. The van der Waals surface area contributed by atoms with Crippen LogP contribution < -0.4 is 0 Å². The normalized spacial score (nSPS) is 13.6. The van der Waals surface area contributed by atoms with Gasteiger partial charge in [-0.15, -0.1) is 0 Å². The number of carbonyl (C=O) groups is 1. The lowest BCUT2D eigenvalue weighted by Crippen LogP contribution is -2.50. The Bertz CT molecular complexity index is 406. The smallest absolute Gasteiger partial charge is 0.321 e. The monoisotopic (exact) mass is 251 g/mol. The molecule has 1 aromatic rings. The van der Waals surface area contributed by atoms with E-state index >= 15 is 0 Å². The Balaban J connectivity index is 2.88. The standard InChI is InChI=1S/C14H21NO3/c1-14(2,3)15(4)12(13(17)18)9-10-5-7-11(16)8-6-10/h5-8,12,16H,9H2,1-4H3,(H,17,18). The van der Waals surface area contributed by atoms with Gasteiger partial charge in [0.05, 0.1) is 0 Å². The molecule has 0 fully saturated rings. The molecule has 0 aliphatic rings. The van der Waals surface area contributed by atoms with Crippen LogP contribution in [-0.2, 0) is 11.2 Å². The van der Waals surface area contributed by atoms with Crippen molar-refractivity contribution in [2.45, 2.75) is 38.8 Å². The van der Waals surface area contributed by atoms with E-state index in [0.717, 1.165) is 5.56 Å². The van der Waals surface area contributed by atoms with Crippen LogP contribution in [0.3, 0.4) is 0 Å². The number of aromatic hydroxyl groups is 1. The zero-order valence-electron chi connectivity index (χ0n) is 11.3. The Morgan fingerprint density at radius 3 is 2.17 bits per heavy atom. The highest BCUT2D eigenvalue weighted by molar-refractivity contribution is 5.74. The number of nitrogens with zero attached hydrogens (tertiary/aromatic N) is 1. The van der Waals surface area contributed by atoms with E-state index in [1.165, 1.54) is 0 Å². The summed E-state index contributed by atoms with van der Waals surface area (Å²) in [7, 11) is 1.82. The van der Waals surface area contributed by atoms with Gasteiger partial charge in [-0.05, 0) is 51.9 Å². The highest BCUT2D eigenvalue weighted by Gasteiger charge is 2.30. The van der Waals surface area contributed by atoms with Gasteiger partial charge in [-0.25, -0.2) is 0 Å². The summed E-state index contributed by atoms with van der Waals surface area (Å²) in [5.41, 5.74) is 0.691. The minimum atomic E-state index is -0.833. The van der Waals surface area contributed by atoms with Gasteiger partial charge in [0.25, 0.3) is 0 Å². The number of phenolic OH excluding ortho intramolecular Hbond substituents is 1. The molecule has 0 amide bonds. The second-order valence-electron chi connectivity index (χ2n) is 5.51. The molecule has 0 bridgehead atoms. The number of hydrogen-bond donors (Lipinski definition) is 2. The molecule has 1 rings (SSSR count). The van der Waals surface area contributed by atoms with Crippen LogP contribution in [0.15, 0.2) is 24.3 Å². The maximum absolute atomic E-state index is 11.4. The number of carboxylic acids is 1. The highest BCUT2D eigenvalue weighted by atomic mass is 16.4. The average Bonchev–Trinajstić information content (AvgIpc) is 2.25. The second kappa shape index (κ2) is 5.40. The summed E-state index contributed by atoms with van der Waals surface area (Å²) in [5, 5.41) is 18.5. The third kappa shape index (κ3) is 3.74. The maximum Gasteiger partial charge on any atom is 0.321 e. The molecule has 1 unspecified atom stereocenters. The number of rotatable bonds is 4. The molecule has 2 N–H and O–H groups in total. The third-order valence-electron chi connectivity index (χ3n) is 3.18. The molecule has 0 aliphatic heterocycles. The van der Waals surface area contributed by atoms with Gasteiger partial charge < -0.3 is 10.2 Å². The van der Waals surface area contributed by atoms with E-state index in [4.69, 9.17) is 0 Å². The fourth-order valence-corrected chi connectivity index (χ4v) is 1.71. The minimum Gasteiger partial charge on any atom is -0.508 e. The van der Waals surface area contributed by atoms with E-state index in [1.54, 1.807) is 24.3 Å². The van der Waals surface area contributed by atoms with Crippen molar-refractivity contribution >= 4 is 5.97 Å². The second-order valence-corrected chi connectivity index (χ2v) is 5.51. The summed E-state index contributed by atoms with van der Waals surface area (Å²) < 4.78 is 0. The van der Waals surface area contributed by atoms with Gasteiger partial charge in [-0.2, -0.15) is 0 Å². The van der Waals surface area contributed by atoms with Gasteiger partial charge in [-0.3, -0.25) is 9.69 Å². The fourth-order valence-electron chi connectivity index (χ4n) is 1.71. The van der Waals surface area contributed by atoms with Crippen LogP contribution in [0.1, 0.15) is 26.3 Å². The number of hydrogen-bond acceptors (Lipinski definition) is 3. The summed E-state index contributed by atoms with van der Waals surface area (Å²) in [5.74, 6) is -0.643. The Morgan fingerprint density at radius 1 is 1.28 bits per heavy atom. The Labute approximate surface area is 108 Å². The summed E-state index contributed by atoms with van der Waals surface area (Å²) in [6.45, 7) is 5.96. The molecule has 0 heterocycles. The molecule has 1 atom stereocenters. The fraction of sp³-hybridized carbons (Fsp3) is 0.500. The molecule has 4 heteroatoms. The Morgan fingerprint density at radius 2 is 1.78 bits per heavy atom. The van der Waals surface area contributed by atoms with Crippen LogP contribution in [-0.4, -0.2) is 39.7 Å². The number of likely N-dealkylation sites (N-methyl/N-ethyl adjacent to an activating group) is 1. The lowest BCUT2D eigenvalue weighted by molar-refractivity contribution is -0.144. The number of aliphatic carboxylic acids is 1. The van der Waals surface area contributed by atoms with Crippen molar-refractivity contribution in [2.75, 3.05) is 7.05 Å². The first-order valence-corrected chi connectivity index (χ1v) is 5.95. The van der Waals surface area contributed by atoms with Crippen molar-refractivity contribution in [3.8, 4) is 5.75 Å². The molecule has 0 aliphatic carbocycles. The summed E-state index contributed by atoms with van der Waals surface area (Å²) >= 11 is 0. The van der Waals surface area contributed by atoms with E-state index in [9.17, 15) is 15.0 Å². The first-order chi connectivity index (χ1) is 8.21. The zero-order chi connectivity index (χ0) is 13.9. The average molecular weight is 251 g/mol.